The fourth-order valence-corrected chi connectivity index (χ4v) is 6.46. The van der Waals surface area contributed by atoms with E-state index in [9.17, 15) is 19.5 Å². The summed E-state index contributed by atoms with van der Waals surface area (Å²) in [5.74, 6) is -1.86. The first kappa shape index (κ1) is 23.8. The third kappa shape index (κ3) is 4.55. The van der Waals surface area contributed by atoms with E-state index in [1.165, 1.54) is 38.5 Å². The van der Waals surface area contributed by atoms with Crippen molar-refractivity contribution in [2.24, 2.45) is 7.05 Å². The molecule has 1 unspecified atom stereocenters. The molecule has 2 atom stereocenters. The second kappa shape index (κ2) is 9.50. The van der Waals surface area contributed by atoms with Crippen molar-refractivity contribution in [3.63, 3.8) is 0 Å². The van der Waals surface area contributed by atoms with Crippen LogP contribution in [0.15, 0.2) is 26.3 Å². The van der Waals surface area contributed by atoms with Gasteiger partial charge >= 0.3 is 5.97 Å². The molecule has 0 radical (unpaired) electrons. The summed E-state index contributed by atoms with van der Waals surface area (Å²) in [5.41, 5.74) is 6.12. The molecule has 0 bridgehead atoms. The van der Waals surface area contributed by atoms with Gasteiger partial charge in [0.25, 0.3) is 11.8 Å². The minimum absolute atomic E-state index is 0.102. The molecule has 0 spiro atoms. The molecule has 2 amide bonds. The number of halogens is 2. The normalized spacial score (nSPS) is 19.7. The number of aryl methyl sites for hydroxylation is 1. The highest BCUT2D eigenvalue weighted by atomic mass is 35.5. The number of anilines is 1. The van der Waals surface area contributed by atoms with Gasteiger partial charge in [0, 0.05) is 23.9 Å². The number of carbonyl (C=O) groups is 3. The molecule has 12 nitrogen and oxygen atoms in total. The molecule has 4 rings (SSSR count). The number of β-lactam (4-membered cyclic amide) rings is 1. The van der Waals surface area contributed by atoms with E-state index in [1.54, 1.807) is 7.05 Å². The standard InChI is InChI=1S/C16H14Cl2N8O4S3/c1-25-16(22-23-24-25)33-3-5-2-31-13-8(12(28)26(13)9(5)14(29)30)21-11(27)7(10(17)18)6-4-32-15(19)20-6/h4,8,13H,2-3H2,1H3,(H2,19,20)(H,21,27)(H,29,30)/t8?,13-/m1/s1. The number of nitrogens with two attached hydrogens (primary N) is 1. The number of nitrogens with one attached hydrogen (secondary N) is 1. The minimum atomic E-state index is -1.23. The number of hydrogen-bond acceptors (Lipinski definition) is 11. The van der Waals surface area contributed by atoms with Crippen LogP contribution in [0.3, 0.4) is 0 Å². The number of nitrogen functional groups attached to an aromatic ring is 1. The second-order valence-electron chi connectivity index (χ2n) is 6.70. The highest BCUT2D eigenvalue weighted by Crippen LogP contribution is 2.41. The van der Waals surface area contributed by atoms with Gasteiger partial charge in [0.2, 0.25) is 5.16 Å². The molecular formula is C16H14Cl2N8O4S3. The van der Waals surface area contributed by atoms with Crippen molar-refractivity contribution in [2.45, 2.75) is 16.6 Å². The zero-order valence-electron chi connectivity index (χ0n) is 16.6. The number of carboxylic acids is 1. The number of aliphatic carboxylic acids is 1. The van der Waals surface area contributed by atoms with Gasteiger partial charge in [-0.2, -0.15) is 0 Å². The van der Waals surface area contributed by atoms with Gasteiger partial charge in [0.1, 0.15) is 21.6 Å². The summed E-state index contributed by atoms with van der Waals surface area (Å²) < 4.78 is 1.13. The molecule has 4 N–H and O–H groups in total. The van der Waals surface area contributed by atoms with Crippen LogP contribution < -0.4 is 11.1 Å². The molecule has 33 heavy (non-hydrogen) atoms. The van der Waals surface area contributed by atoms with Crippen LogP contribution in [-0.4, -0.2) is 75.9 Å². The van der Waals surface area contributed by atoms with E-state index < -0.39 is 29.2 Å². The lowest BCUT2D eigenvalue weighted by Gasteiger charge is -2.49. The van der Waals surface area contributed by atoms with E-state index in [1.807, 2.05) is 0 Å². The quantitative estimate of drug-likeness (QED) is 0.255. The van der Waals surface area contributed by atoms with Crippen LogP contribution in [0.1, 0.15) is 5.69 Å². The first-order valence-corrected chi connectivity index (χ1v) is 12.7. The van der Waals surface area contributed by atoms with Crippen molar-refractivity contribution in [1.82, 2.24) is 35.4 Å². The van der Waals surface area contributed by atoms with Gasteiger partial charge in [-0.25, -0.2) is 14.5 Å². The smallest absolute Gasteiger partial charge is 0.352 e. The Labute approximate surface area is 208 Å². The van der Waals surface area contributed by atoms with Crippen molar-refractivity contribution in [3.8, 4) is 0 Å². The largest absolute Gasteiger partial charge is 0.477 e. The highest BCUT2D eigenvalue weighted by Gasteiger charge is 2.54. The predicted molar refractivity (Wildman–Crippen MR) is 124 cm³/mol. The van der Waals surface area contributed by atoms with Crippen LogP contribution in [0.4, 0.5) is 5.13 Å². The van der Waals surface area contributed by atoms with Gasteiger partial charge in [0.15, 0.2) is 5.13 Å². The number of amides is 2. The number of hydrogen-bond donors (Lipinski definition) is 3. The zero-order chi connectivity index (χ0) is 23.9. The Balaban J connectivity index is 1.51. The summed E-state index contributed by atoms with van der Waals surface area (Å²) in [6.07, 6.45) is 0. The first-order valence-electron chi connectivity index (χ1n) is 9.01. The van der Waals surface area contributed by atoms with E-state index in [2.05, 4.69) is 25.8 Å². The van der Waals surface area contributed by atoms with Crippen molar-refractivity contribution < 1.29 is 19.5 Å². The van der Waals surface area contributed by atoms with Crippen LogP contribution in [0.5, 0.6) is 0 Å². The minimum Gasteiger partial charge on any atom is -0.477 e. The van der Waals surface area contributed by atoms with Crippen molar-refractivity contribution >= 4 is 86.6 Å². The first-order chi connectivity index (χ1) is 15.7. The molecule has 2 aliphatic rings. The third-order valence-electron chi connectivity index (χ3n) is 4.69. The number of nitrogens with zero attached hydrogens (tertiary/aromatic N) is 6. The maximum atomic E-state index is 12.9. The summed E-state index contributed by atoms with van der Waals surface area (Å²) in [6.45, 7) is 0. The van der Waals surface area contributed by atoms with E-state index in [0.717, 1.165) is 11.3 Å². The number of tetrazole rings is 1. The number of thiazole rings is 1. The molecule has 174 valence electrons. The SMILES string of the molecule is Cn1nnnc1SCC1=C(C(=O)O)N2C(=O)C(NC(=O)C(=C(Cl)Cl)c3csc(N)n3)[C@H]2SC1. The lowest BCUT2D eigenvalue weighted by molar-refractivity contribution is -0.150. The van der Waals surface area contributed by atoms with E-state index >= 15 is 0 Å². The summed E-state index contributed by atoms with van der Waals surface area (Å²) in [4.78, 5) is 42.8. The van der Waals surface area contributed by atoms with Gasteiger partial charge in [-0.05, 0) is 16.0 Å². The third-order valence-corrected chi connectivity index (χ3v) is 8.18. The van der Waals surface area contributed by atoms with Gasteiger partial charge in [-0.15, -0.1) is 28.2 Å². The lowest BCUT2D eigenvalue weighted by atomic mass is 10.0. The van der Waals surface area contributed by atoms with Crippen molar-refractivity contribution in [1.29, 1.82) is 0 Å². The molecule has 2 aromatic rings. The van der Waals surface area contributed by atoms with Crippen LogP contribution in [0.2, 0.25) is 0 Å². The fraction of sp³-hybridized carbons (Fsp3) is 0.312. The molecule has 17 heteroatoms. The lowest BCUT2D eigenvalue weighted by Crippen LogP contribution is -2.70. The molecule has 0 saturated carbocycles. The highest BCUT2D eigenvalue weighted by molar-refractivity contribution is 8.01. The molecule has 0 aliphatic carbocycles. The molecule has 0 aromatic carbocycles. The molecular weight excluding hydrogens is 535 g/mol. The number of thioether (sulfide) groups is 2. The van der Waals surface area contributed by atoms with E-state index in [4.69, 9.17) is 28.9 Å². The Morgan fingerprint density at radius 3 is 2.76 bits per heavy atom. The Morgan fingerprint density at radius 2 is 2.18 bits per heavy atom. The second-order valence-corrected chi connectivity index (χ2v) is 10.6. The summed E-state index contributed by atoms with van der Waals surface area (Å²) in [5, 5.41) is 25.2. The summed E-state index contributed by atoms with van der Waals surface area (Å²) in [6, 6.07) is -0.951. The monoisotopic (exact) mass is 548 g/mol. The van der Waals surface area contributed by atoms with E-state index in [-0.39, 0.29) is 32.3 Å². The Hall–Kier alpha value is -2.33. The Kier molecular flexibility index (Phi) is 6.86. The van der Waals surface area contributed by atoms with Crippen molar-refractivity contribution in [3.05, 3.63) is 26.8 Å². The molecule has 1 saturated heterocycles. The summed E-state index contributed by atoms with van der Waals surface area (Å²) in [7, 11) is 1.67. The Bertz CT molecular complexity index is 1210. The van der Waals surface area contributed by atoms with Crippen LogP contribution in [0, 0.1) is 0 Å². The topological polar surface area (TPSA) is 169 Å². The maximum Gasteiger partial charge on any atom is 0.352 e. The number of carbonyl (C=O) groups excluding carboxylic acids is 2. The zero-order valence-corrected chi connectivity index (χ0v) is 20.5. The molecule has 2 aliphatic heterocycles. The number of rotatable bonds is 7. The molecule has 4 heterocycles. The molecule has 2 aromatic heterocycles. The Morgan fingerprint density at radius 1 is 1.42 bits per heavy atom. The van der Waals surface area contributed by atoms with Gasteiger partial charge < -0.3 is 16.2 Å². The average Bonchev–Trinajstić information content (AvgIpc) is 3.37. The number of carboxylic acid groups (broad SMARTS) is 1. The van der Waals surface area contributed by atoms with Gasteiger partial charge in [-0.3, -0.25) is 14.5 Å². The van der Waals surface area contributed by atoms with Gasteiger partial charge in [-0.1, -0.05) is 35.0 Å². The predicted octanol–water partition coefficient (Wildman–Crippen LogP) is 0.926. The fourth-order valence-electron chi connectivity index (χ4n) is 3.20. The number of fused-ring (bicyclic) bond motifs is 1. The molecule has 1 fully saturated rings. The van der Waals surface area contributed by atoms with Crippen molar-refractivity contribution in [2.75, 3.05) is 17.2 Å². The van der Waals surface area contributed by atoms with Crippen LogP contribution in [-0.2, 0) is 21.4 Å². The van der Waals surface area contributed by atoms with Crippen LogP contribution >= 0.6 is 58.1 Å². The summed E-state index contributed by atoms with van der Waals surface area (Å²) >= 11 is 15.5. The number of aromatic nitrogens is 5. The van der Waals surface area contributed by atoms with Crippen LogP contribution in [0.25, 0.3) is 5.57 Å². The average molecular weight is 549 g/mol. The maximum absolute atomic E-state index is 12.9. The van der Waals surface area contributed by atoms with Gasteiger partial charge in [0.05, 0.1) is 11.3 Å². The van der Waals surface area contributed by atoms with E-state index in [0.29, 0.717) is 16.5 Å².